The maximum Gasteiger partial charge on any atom is 0.306 e. The van der Waals surface area contributed by atoms with Crippen LogP contribution in [-0.4, -0.2) is 41.5 Å². The van der Waals surface area contributed by atoms with Gasteiger partial charge in [-0.2, -0.15) is 0 Å². The summed E-state index contributed by atoms with van der Waals surface area (Å²) in [6.07, 6.45) is 0. The van der Waals surface area contributed by atoms with Crippen LogP contribution in [0.5, 0.6) is 0 Å². The molecule has 2 aliphatic heterocycles. The highest BCUT2D eigenvalue weighted by atomic mass is 16.4. The molecule has 20 heavy (non-hydrogen) atoms. The van der Waals surface area contributed by atoms with Gasteiger partial charge in [-0.05, 0) is 11.6 Å². The number of nitrogens with zero attached hydrogens (tertiary/aromatic N) is 1. The van der Waals surface area contributed by atoms with E-state index in [1.54, 1.807) is 11.8 Å². The van der Waals surface area contributed by atoms with Gasteiger partial charge >= 0.3 is 5.97 Å². The Balaban J connectivity index is 1.64. The molecule has 1 saturated heterocycles. The standard InChI is InChI=1S/C15H18N2O3/c1-9(15(19)20)10-7-17(8-10)14(18)12-6-16-13-5-3-2-4-11(12)13/h2-5,9-10,12,16H,6-8H2,1H3,(H,19,20). The number of carboxylic acid groups (broad SMARTS) is 1. The van der Waals surface area contributed by atoms with Crippen molar-refractivity contribution in [2.45, 2.75) is 12.8 Å². The van der Waals surface area contributed by atoms with Crippen LogP contribution in [0, 0.1) is 11.8 Å². The van der Waals surface area contributed by atoms with Crippen molar-refractivity contribution < 1.29 is 14.7 Å². The van der Waals surface area contributed by atoms with Crippen LogP contribution in [0.25, 0.3) is 0 Å². The van der Waals surface area contributed by atoms with E-state index in [1.165, 1.54) is 0 Å². The summed E-state index contributed by atoms with van der Waals surface area (Å²) in [7, 11) is 0. The molecule has 3 rings (SSSR count). The van der Waals surface area contributed by atoms with Crippen LogP contribution in [-0.2, 0) is 9.59 Å². The van der Waals surface area contributed by atoms with E-state index < -0.39 is 5.97 Å². The number of aliphatic carboxylic acids is 1. The van der Waals surface area contributed by atoms with E-state index in [9.17, 15) is 9.59 Å². The Morgan fingerprint density at radius 1 is 1.35 bits per heavy atom. The summed E-state index contributed by atoms with van der Waals surface area (Å²) in [5, 5.41) is 12.2. The summed E-state index contributed by atoms with van der Waals surface area (Å²) in [5.74, 6) is -1.10. The zero-order valence-corrected chi connectivity index (χ0v) is 11.4. The summed E-state index contributed by atoms with van der Waals surface area (Å²) in [6, 6.07) is 7.85. The molecule has 2 unspecified atom stereocenters. The van der Waals surface area contributed by atoms with Crippen molar-refractivity contribution in [3.8, 4) is 0 Å². The number of nitrogens with one attached hydrogen (secondary N) is 1. The van der Waals surface area contributed by atoms with Crippen molar-refractivity contribution in [3.63, 3.8) is 0 Å². The van der Waals surface area contributed by atoms with Crippen LogP contribution in [0.15, 0.2) is 24.3 Å². The molecule has 2 N–H and O–H groups in total. The number of carboxylic acids is 1. The molecule has 2 atom stereocenters. The molecule has 0 spiro atoms. The molecule has 0 bridgehead atoms. The number of amides is 1. The minimum Gasteiger partial charge on any atom is -0.481 e. The summed E-state index contributed by atoms with van der Waals surface area (Å²) in [6.45, 7) is 3.46. The Hall–Kier alpha value is -2.04. The van der Waals surface area contributed by atoms with Gasteiger partial charge in [0.25, 0.3) is 0 Å². The largest absolute Gasteiger partial charge is 0.481 e. The van der Waals surface area contributed by atoms with Crippen LogP contribution >= 0.6 is 0 Å². The number of rotatable bonds is 3. The van der Waals surface area contributed by atoms with E-state index in [4.69, 9.17) is 5.11 Å². The highest BCUT2D eigenvalue weighted by molar-refractivity contribution is 5.89. The second-order valence-electron chi connectivity index (χ2n) is 5.65. The average molecular weight is 274 g/mol. The van der Waals surface area contributed by atoms with Crippen LogP contribution < -0.4 is 5.32 Å². The molecule has 2 aliphatic rings. The molecule has 1 aromatic carbocycles. The van der Waals surface area contributed by atoms with Gasteiger partial charge in [0.1, 0.15) is 0 Å². The molecule has 0 radical (unpaired) electrons. The summed E-state index contributed by atoms with van der Waals surface area (Å²) in [4.78, 5) is 25.2. The summed E-state index contributed by atoms with van der Waals surface area (Å²) in [5.41, 5.74) is 2.08. The third-order valence-corrected chi connectivity index (χ3v) is 4.45. The number of benzene rings is 1. The first-order valence-corrected chi connectivity index (χ1v) is 6.92. The van der Waals surface area contributed by atoms with E-state index in [1.807, 2.05) is 24.3 Å². The highest BCUT2D eigenvalue weighted by Gasteiger charge is 2.41. The smallest absolute Gasteiger partial charge is 0.306 e. The first-order valence-electron chi connectivity index (χ1n) is 6.92. The number of carbonyl (C=O) groups excluding carboxylic acids is 1. The van der Waals surface area contributed by atoms with Crippen molar-refractivity contribution in [2.24, 2.45) is 11.8 Å². The van der Waals surface area contributed by atoms with Gasteiger partial charge in [-0.1, -0.05) is 25.1 Å². The lowest BCUT2D eigenvalue weighted by molar-refractivity contribution is -0.151. The lowest BCUT2D eigenvalue weighted by Crippen LogP contribution is -2.54. The normalized spacial score (nSPS) is 22.6. The molecule has 1 aromatic rings. The van der Waals surface area contributed by atoms with Gasteiger partial charge in [-0.15, -0.1) is 0 Å². The summed E-state index contributed by atoms with van der Waals surface area (Å²) >= 11 is 0. The first-order chi connectivity index (χ1) is 9.58. The molecule has 106 valence electrons. The topological polar surface area (TPSA) is 69.6 Å². The zero-order valence-electron chi connectivity index (χ0n) is 11.4. The number of fused-ring (bicyclic) bond motifs is 1. The lowest BCUT2D eigenvalue weighted by Gasteiger charge is -2.42. The first kappa shape index (κ1) is 13.0. The number of hydrogen-bond acceptors (Lipinski definition) is 3. The van der Waals surface area contributed by atoms with E-state index in [0.29, 0.717) is 19.6 Å². The highest BCUT2D eigenvalue weighted by Crippen LogP contribution is 2.35. The van der Waals surface area contributed by atoms with Gasteiger partial charge in [0.05, 0.1) is 11.8 Å². The van der Waals surface area contributed by atoms with Crippen LogP contribution in [0.3, 0.4) is 0 Å². The molecular weight excluding hydrogens is 256 g/mol. The fraction of sp³-hybridized carbons (Fsp3) is 0.467. The van der Waals surface area contributed by atoms with E-state index >= 15 is 0 Å². The Morgan fingerprint density at radius 2 is 2.05 bits per heavy atom. The van der Waals surface area contributed by atoms with Gasteiger partial charge in [0, 0.05) is 31.2 Å². The Labute approximate surface area is 117 Å². The van der Waals surface area contributed by atoms with E-state index in [2.05, 4.69) is 5.32 Å². The SMILES string of the molecule is CC(C(=O)O)C1CN(C(=O)C2CNc3ccccc32)C1. The number of hydrogen-bond donors (Lipinski definition) is 2. The van der Waals surface area contributed by atoms with E-state index in [0.717, 1.165) is 11.3 Å². The molecule has 2 heterocycles. The van der Waals surface area contributed by atoms with Crippen molar-refractivity contribution in [3.05, 3.63) is 29.8 Å². The van der Waals surface area contributed by atoms with Crippen molar-refractivity contribution in [1.29, 1.82) is 0 Å². The van der Waals surface area contributed by atoms with Crippen molar-refractivity contribution >= 4 is 17.6 Å². The molecule has 5 heteroatoms. The molecular formula is C15H18N2O3. The van der Waals surface area contributed by atoms with Gasteiger partial charge in [0.2, 0.25) is 5.91 Å². The number of para-hydroxylation sites is 1. The van der Waals surface area contributed by atoms with Crippen LogP contribution in [0.2, 0.25) is 0 Å². The minimum atomic E-state index is -0.782. The Morgan fingerprint density at radius 3 is 2.75 bits per heavy atom. The predicted molar refractivity (Wildman–Crippen MR) is 74.5 cm³/mol. The van der Waals surface area contributed by atoms with Crippen LogP contribution in [0.1, 0.15) is 18.4 Å². The Bertz CT molecular complexity index is 552. The van der Waals surface area contributed by atoms with Gasteiger partial charge in [-0.3, -0.25) is 9.59 Å². The average Bonchev–Trinajstić information content (AvgIpc) is 2.80. The quantitative estimate of drug-likeness (QED) is 0.873. The third-order valence-electron chi connectivity index (χ3n) is 4.45. The minimum absolute atomic E-state index is 0.0843. The van der Waals surface area contributed by atoms with Gasteiger partial charge in [0.15, 0.2) is 0 Å². The molecule has 0 aliphatic carbocycles. The fourth-order valence-electron chi connectivity index (χ4n) is 2.94. The third kappa shape index (κ3) is 2.03. The second kappa shape index (κ2) is 4.81. The molecule has 0 aromatic heterocycles. The molecule has 1 fully saturated rings. The number of carbonyl (C=O) groups is 2. The number of likely N-dealkylation sites (tertiary alicyclic amines) is 1. The fourth-order valence-corrected chi connectivity index (χ4v) is 2.94. The molecule has 5 nitrogen and oxygen atoms in total. The zero-order chi connectivity index (χ0) is 14.3. The monoisotopic (exact) mass is 274 g/mol. The summed E-state index contributed by atoms with van der Waals surface area (Å²) < 4.78 is 0. The van der Waals surface area contributed by atoms with Crippen molar-refractivity contribution in [1.82, 2.24) is 4.90 Å². The lowest BCUT2D eigenvalue weighted by atomic mass is 9.85. The Kier molecular flexibility index (Phi) is 3.12. The molecule has 0 saturated carbocycles. The van der Waals surface area contributed by atoms with E-state index in [-0.39, 0.29) is 23.7 Å². The van der Waals surface area contributed by atoms with Crippen LogP contribution in [0.4, 0.5) is 5.69 Å². The molecule has 1 amide bonds. The van der Waals surface area contributed by atoms with Gasteiger partial charge in [-0.25, -0.2) is 0 Å². The second-order valence-corrected chi connectivity index (χ2v) is 5.65. The number of anilines is 1. The predicted octanol–water partition coefficient (Wildman–Crippen LogP) is 1.37. The maximum absolute atomic E-state index is 12.5. The van der Waals surface area contributed by atoms with Crippen molar-refractivity contribution in [2.75, 3.05) is 25.0 Å². The maximum atomic E-state index is 12.5. The van der Waals surface area contributed by atoms with Gasteiger partial charge < -0.3 is 15.3 Å².